The Balaban J connectivity index is 3.83. The Kier molecular flexibility index (Phi) is 6.15. The van der Waals surface area contributed by atoms with Crippen LogP contribution in [0.4, 0.5) is 8.78 Å². The molecule has 0 aromatic rings. The molecule has 0 heterocycles. The number of nitrogens with two attached hydrogens (primary N) is 1. The smallest absolute Gasteiger partial charge is 0.282 e. The van der Waals surface area contributed by atoms with Crippen molar-refractivity contribution in [1.29, 1.82) is 0 Å². The first-order chi connectivity index (χ1) is 6.41. The van der Waals surface area contributed by atoms with E-state index in [0.717, 1.165) is 6.42 Å². The molecule has 0 bridgehead atoms. The second kappa shape index (κ2) is 6.27. The van der Waals surface area contributed by atoms with E-state index in [0.29, 0.717) is 6.54 Å². The lowest BCUT2D eigenvalue weighted by Gasteiger charge is -2.22. The summed E-state index contributed by atoms with van der Waals surface area (Å²) in [7, 11) is 3.76. The summed E-state index contributed by atoms with van der Waals surface area (Å²) in [6.07, 6.45) is 0.571. The van der Waals surface area contributed by atoms with Gasteiger partial charge in [-0.05, 0) is 20.5 Å². The van der Waals surface area contributed by atoms with Crippen molar-refractivity contribution in [3.63, 3.8) is 0 Å². The molecule has 0 aliphatic carbocycles. The first-order valence-electron chi connectivity index (χ1n) is 4.75. The third kappa shape index (κ3) is 6.23. The van der Waals surface area contributed by atoms with Crippen LogP contribution < -0.4 is 5.73 Å². The molecule has 0 aliphatic rings. The minimum atomic E-state index is -2.90. The molecule has 5 heteroatoms. The summed E-state index contributed by atoms with van der Waals surface area (Å²) in [4.78, 5) is 1.91. The number of nitrogens with zero attached hydrogens (tertiary/aromatic N) is 1. The van der Waals surface area contributed by atoms with E-state index in [9.17, 15) is 8.78 Å². The number of likely N-dealkylation sites (N-methyl/N-ethyl adjacent to an activating group) is 1. The largest absolute Gasteiger partial charge is 0.371 e. The van der Waals surface area contributed by atoms with Gasteiger partial charge >= 0.3 is 0 Å². The normalized spacial score (nSPS) is 14.8. The summed E-state index contributed by atoms with van der Waals surface area (Å²) in [5.41, 5.74) is 4.89. The lowest BCUT2D eigenvalue weighted by Crippen LogP contribution is -2.37. The summed E-state index contributed by atoms with van der Waals surface area (Å²) in [5, 5.41) is 0. The van der Waals surface area contributed by atoms with Crippen molar-refractivity contribution in [3.05, 3.63) is 0 Å². The monoisotopic (exact) mass is 210 g/mol. The minimum absolute atomic E-state index is 0.151. The van der Waals surface area contributed by atoms with Gasteiger partial charge < -0.3 is 15.4 Å². The number of ether oxygens (including phenoxy) is 1. The molecule has 1 atom stereocenters. The van der Waals surface area contributed by atoms with Gasteiger partial charge in [0, 0.05) is 6.54 Å². The Labute approximate surface area is 84.2 Å². The maximum Gasteiger partial charge on any atom is 0.282 e. The third-order valence-corrected chi connectivity index (χ3v) is 1.85. The zero-order valence-corrected chi connectivity index (χ0v) is 9.09. The maximum absolute atomic E-state index is 12.7. The minimum Gasteiger partial charge on any atom is -0.371 e. The van der Waals surface area contributed by atoms with Gasteiger partial charge in [-0.1, -0.05) is 6.92 Å². The van der Waals surface area contributed by atoms with Gasteiger partial charge in [0.25, 0.3) is 5.92 Å². The molecule has 86 valence electrons. The second-order valence-corrected chi connectivity index (χ2v) is 3.66. The predicted octanol–water partition coefficient (Wildman–Crippen LogP) is 0.937. The molecule has 0 aliphatic heterocycles. The molecule has 0 saturated carbocycles. The maximum atomic E-state index is 12.7. The van der Waals surface area contributed by atoms with Crippen molar-refractivity contribution in [3.8, 4) is 0 Å². The predicted molar refractivity (Wildman–Crippen MR) is 52.6 cm³/mol. The average molecular weight is 210 g/mol. The molecule has 0 fully saturated rings. The van der Waals surface area contributed by atoms with Gasteiger partial charge in [0.1, 0.15) is 6.61 Å². The van der Waals surface area contributed by atoms with Crippen LogP contribution in [0.15, 0.2) is 0 Å². The number of hydrogen-bond donors (Lipinski definition) is 1. The fourth-order valence-electron chi connectivity index (χ4n) is 1.01. The average Bonchev–Trinajstić information content (AvgIpc) is 2.12. The molecule has 0 saturated heterocycles. The standard InChI is InChI=1S/C9H20F2N2O/c1-4-8(5-13(2)3)14-7-9(10,11)6-12/h8H,4-7,12H2,1-3H3. The molecule has 0 spiro atoms. The molecule has 2 N–H and O–H groups in total. The SMILES string of the molecule is CCC(CN(C)C)OCC(F)(F)CN. The zero-order valence-electron chi connectivity index (χ0n) is 9.09. The van der Waals surface area contributed by atoms with E-state index < -0.39 is 19.1 Å². The zero-order chi connectivity index (χ0) is 11.2. The van der Waals surface area contributed by atoms with E-state index in [4.69, 9.17) is 10.5 Å². The Hall–Kier alpha value is -0.260. The molecule has 14 heavy (non-hydrogen) atoms. The second-order valence-electron chi connectivity index (χ2n) is 3.66. The summed E-state index contributed by atoms with van der Waals surface area (Å²) in [6, 6.07) is 0. The fourth-order valence-corrected chi connectivity index (χ4v) is 1.01. The van der Waals surface area contributed by atoms with Crippen LogP contribution in [0.2, 0.25) is 0 Å². The van der Waals surface area contributed by atoms with Crippen LogP contribution in [0.1, 0.15) is 13.3 Å². The number of alkyl halides is 2. The quantitative estimate of drug-likeness (QED) is 0.679. The van der Waals surface area contributed by atoms with E-state index in [1.165, 1.54) is 0 Å². The van der Waals surface area contributed by atoms with Gasteiger partial charge in [-0.2, -0.15) is 0 Å². The Morgan fingerprint density at radius 2 is 2.00 bits per heavy atom. The molecule has 3 nitrogen and oxygen atoms in total. The molecule has 0 radical (unpaired) electrons. The van der Waals surface area contributed by atoms with Crippen molar-refractivity contribution in [2.75, 3.05) is 33.8 Å². The van der Waals surface area contributed by atoms with Gasteiger partial charge in [0.15, 0.2) is 0 Å². The first kappa shape index (κ1) is 13.7. The number of rotatable bonds is 7. The van der Waals surface area contributed by atoms with E-state index in [2.05, 4.69) is 0 Å². The van der Waals surface area contributed by atoms with Crippen LogP contribution in [0.3, 0.4) is 0 Å². The van der Waals surface area contributed by atoms with Crippen molar-refractivity contribution in [2.24, 2.45) is 5.73 Å². The molecular weight excluding hydrogens is 190 g/mol. The summed E-state index contributed by atoms with van der Waals surface area (Å²) in [6.45, 7) is 1.31. The summed E-state index contributed by atoms with van der Waals surface area (Å²) >= 11 is 0. The van der Waals surface area contributed by atoms with Crippen molar-refractivity contribution in [2.45, 2.75) is 25.4 Å². The van der Waals surface area contributed by atoms with E-state index in [1.54, 1.807) is 0 Å². The van der Waals surface area contributed by atoms with Crippen LogP contribution in [0.25, 0.3) is 0 Å². The Morgan fingerprint density at radius 3 is 2.36 bits per heavy atom. The van der Waals surface area contributed by atoms with Gasteiger partial charge in [-0.25, -0.2) is 8.78 Å². The molecule has 0 rings (SSSR count). The molecular formula is C9H20F2N2O. The fraction of sp³-hybridized carbons (Fsp3) is 1.00. The Morgan fingerprint density at radius 1 is 1.43 bits per heavy atom. The Bertz CT molecular complexity index is 154. The van der Waals surface area contributed by atoms with Crippen LogP contribution in [-0.2, 0) is 4.74 Å². The molecule has 0 aromatic carbocycles. The van der Waals surface area contributed by atoms with Crippen LogP contribution in [0.5, 0.6) is 0 Å². The van der Waals surface area contributed by atoms with Gasteiger partial charge in [0.05, 0.1) is 12.6 Å². The van der Waals surface area contributed by atoms with E-state index in [1.807, 2.05) is 25.9 Å². The van der Waals surface area contributed by atoms with Crippen molar-refractivity contribution >= 4 is 0 Å². The third-order valence-electron chi connectivity index (χ3n) is 1.85. The van der Waals surface area contributed by atoms with Gasteiger partial charge in [-0.15, -0.1) is 0 Å². The summed E-state index contributed by atoms with van der Waals surface area (Å²) < 4.78 is 30.5. The van der Waals surface area contributed by atoms with E-state index in [-0.39, 0.29) is 6.10 Å². The first-order valence-corrected chi connectivity index (χ1v) is 4.75. The number of hydrogen-bond acceptors (Lipinski definition) is 3. The van der Waals surface area contributed by atoms with Crippen molar-refractivity contribution in [1.82, 2.24) is 4.90 Å². The number of halogens is 2. The molecule has 0 aromatic heterocycles. The van der Waals surface area contributed by atoms with Crippen molar-refractivity contribution < 1.29 is 13.5 Å². The topological polar surface area (TPSA) is 38.5 Å². The lowest BCUT2D eigenvalue weighted by molar-refractivity contribution is -0.0967. The van der Waals surface area contributed by atoms with Gasteiger partial charge in [-0.3, -0.25) is 0 Å². The lowest BCUT2D eigenvalue weighted by atomic mass is 10.2. The molecule has 0 amide bonds. The van der Waals surface area contributed by atoms with Gasteiger partial charge in [0.2, 0.25) is 0 Å². The highest BCUT2D eigenvalue weighted by Crippen LogP contribution is 2.13. The highest BCUT2D eigenvalue weighted by molar-refractivity contribution is 4.68. The van der Waals surface area contributed by atoms with E-state index >= 15 is 0 Å². The van der Waals surface area contributed by atoms with Crippen LogP contribution >= 0.6 is 0 Å². The highest BCUT2D eigenvalue weighted by atomic mass is 19.3. The highest BCUT2D eigenvalue weighted by Gasteiger charge is 2.28. The molecule has 1 unspecified atom stereocenters. The van der Waals surface area contributed by atoms with Crippen LogP contribution in [0, 0.1) is 0 Å². The van der Waals surface area contributed by atoms with Crippen LogP contribution in [-0.4, -0.2) is 50.7 Å². The summed E-state index contributed by atoms with van der Waals surface area (Å²) in [5.74, 6) is -2.90.